The van der Waals surface area contributed by atoms with Crippen molar-refractivity contribution in [2.75, 3.05) is 33.4 Å². The maximum Gasteiger partial charge on any atom is 0.0589 e. The molecule has 1 aromatic heterocycles. The second-order valence-corrected chi connectivity index (χ2v) is 4.14. The van der Waals surface area contributed by atoms with Crippen molar-refractivity contribution in [2.45, 2.75) is 18.8 Å². The third-order valence-electron chi connectivity index (χ3n) is 3.08. The van der Waals surface area contributed by atoms with Gasteiger partial charge in [0, 0.05) is 38.0 Å². The fourth-order valence-corrected chi connectivity index (χ4v) is 2.23. The van der Waals surface area contributed by atoms with Crippen LogP contribution < -0.4 is 0 Å². The first-order chi connectivity index (χ1) is 7.40. The van der Waals surface area contributed by atoms with E-state index in [1.807, 2.05) is 6.20 Å². The molecule has 1 fully saturated rings. The number of aromatic nitrogens is 2. The normalized spacial score (nSPS) is 23.1. The zero-order valence-corrected chi connectivity index (χ0v) is 9.28. The lowest BCUT2D eigenvalue weighted by Gasteiger charge is -2.31. The summed E-state index contributed by atoms with van der Waals surface area (Å²) in [6.45, 7) is 4.20. The van der Waals surface area contributed by atoms with E-state index in [2.05, 4.69) is 21.2 Å². The van der Waals surface area contributed by atoms with Gasteiger partial charge in [0.2, 0.25) is 0 Å². The van der Waals surface area contributed by atoms with Gasteiger partial charge in [-0.1, -0.05) is 0 Å². The Kier molecular flexibility index (Phi) is 3.75. The van der Waals surface area contributed by atoms with E-state index >= 15 is 0 Å². The van der Waals surface area contributed by atoms with Crippen molar-refractivity contribution in [3.05, 3.63) is 18.0 Å². The maximum absolute atomic E-state index is 5.11. The number of H-pyrrole nitrogens is 1. The minimum absolute atomic E-state index is 0.623. The number of aromatic amines is 1. The van der Waals surface area contributed by atoms with E-state index < -0.39 is 0 Å². The summed E-state index contributed by atoms with van der Waals surface area (Å²) in [5, 5.41) is 7.09. The average Bonchev–Trinajstić information content (AvgIpc) is 2.80. The van der Waals surface area contributed by atoms with Gasteiger partial charge in [-0.15, -0.1) is 0 Å². The van der Waals surface area contributed by atoms with Crippen molar-refractivity contribution < 1.29 is 4.74 Å². The van der Waals surface area contributed by atoms with Gasteiger partial charge in [0.05, 0.1) is 6.61 Å². The minimum atomic E-state index is 0.623. The molecule has 0 unspecified atom stereocenters. The van der Waals surface area contributed by atoms with E-state index in [1.54, 1.807) is 7.11 Å². The van der Waals surface area contributed by atoms with Crippen molar-refractivity contribution >= 4 is 0 Å². The number of nitrogens with zero attached hydrogens (tertiary/aromatic N) is 2. The van der Waals surface area contributed by atoms with E-state index in [4.69, 9.17) is 4.74 Å². The number of likely N-dealkylation sites (tertiary alicyclic amines) is 1. The summed E-state index contributed by atoms with van der Waals surface area (Å²) < 4.78 is 5.11. The number of methoxy groups -OCH3 is 1. The molecule has 2 rings (SSSR count). The molecule has 1 aliphatic rings. The summed E-state index contributed by atoms with van der Waals surface area (Å²) in [4.78, 5) is 2.47. The molecule has 0 bridgehead atoms. The van der Waals surface area contributed by atoms with Gasteiger partial charge in [0.25, 0.3) is 0 Å². The molecule has 0 amide bonds. The second-order valence-electron chi connectivity index (χ2n) is 4.14. The van der Waals surface area contributed by atoms with Crippen molar-refractivity contribution in [1.29, 1.82) is 0 Å². The van der Waals surface area contributed by atoms with E-state index in [0.29, 0.717) is 5.92 Å². The summed E-state index contributed by atoms with van der Waals surface area (Å²) in [5.74, 6) is 0.623. The fraction of sp³-hybridized carbons (Fsp3) is 0.727. The first-order valence-corrected chi connectivity index (χ1v) is 5.60. The Morgan fingerprint density at radius 2 is 2.60 bits per heavy atom. The Hall–Kier alpha value is -0.870. The zero-order chi connectivity index (χ0) is 10.5. The minimum Gasteiger partial charge on any atom is -0.383 e. The van der Waals surface area contributed by atoms with Crippen LogP contribution in [0.2, 0.25) is 0 Å². The molecule has 1 aliphatic heterocycles. The van der Waals surface area contributed by atoms with Crippen LogP contribution in [0, 0.1) is 0 Å². The van der Waals surface area contributed by atoms with Crippen LogP contribution in [0.15, 0.2) is 12.3 Å². The standard InChI is InChI=1S/C11H19N3O/c1-15-8-7-14-6-2-3-10(9-14)11-4-5-12-13-11/h4-5,10H,2-3,6-9H2,1H3,(H,12,13)/t10-/m1/s1. The topological polar surface area (TPSA) is 41.1 Å². The molecule has 2 heterocycles. The third-order valence-corrected chi connectivity index (χ3v) is 3.08. The summed E-state index contributed by atoms with van der Waals surface area (Å²) in [6.07, 6.45) is 4.38. The molecular formula is C11H19N3O. The van der Waals surface area contributed by atoms with E-state index in [9.17, 15) is 0 Å². The molecular weight excluding hydrogens is 190 g/mol. The maximum atomic E-state index is 5.11. The Balaban J connectivity index is 1.87. The highest BCUT2D eigenvalue weighted by Gasteiger charge is 2.21. The van der Waals surface area contributed by atoms with Crippen LogP contribution >= 0.6 is 0 Å². The molecule has 15 heavy (non-hydrogen) atoms. The summed E-state index contributed by atoms with van der Waals surface area (Å²) in [6, 6.07) is 2.09. The summed E-state index contributed by atoms with van der Waals surface area (Å²) in [7, 11) is 1.76. The molecule has 4 heteroatoms. The van der Waals surface area contributed by atoms with Crippen LogP contribution in [0.5, 0.6) is 0 Å². The molecule has 0 aliphatic carbocycles. The van der Waals surface area contributed by atoms with Crippen molar-refractivity contribution in [3.8, 4) is 0 Å². The molecule has 0 saturated carbocycles. The fourth-order valence-electron chi connectivity index (χ4n) is 2.23. The highest BCUT2D eigenvalue weighted by atomic mass is 16.5. The number of piperidine rings is 1. The Labute approximate surface area is 90.6 Å². The van der Waals surface area contributed by atoms with Gasteiger partial charge in [0.1, 0.15) is 0 Å². The molecule has 1 atom stereocenters. The number of hydrogen-bond donors (Lipinski definition) is 1. The van der Waals surface area contributed by atoms with Crippen LogP contribution in [0.3, 0.4) is 0 Å². The van der Waals surface area contributed by atoms with Gasteiger partial charge < -0.3 is 9.64 Å². The van der Waals surface area contributed by atoms with E-state index in [1.165, 1.54) is 25.1 Å². The lowest BCUT2D eigenvalue weighted by molar-refractivity contribution is 0.127. The smallest absolute Gasteiger partial charge is 0.0589 e. The van der Waals surface area contributed by atoms with E-state index in [-0.39, 0.29) is 0 Å². The second kappa shape index (κ2) is 5.28. The van der Waals surface area contributed by atoms with Crippen molar-refractivity contribution in [3.63, 3.8) is 0 Å². The quantitative estimate of drug-likeness (QED) is 0.811. The highest BCUT2D eigenvalue weighted by Crippen LogP contribution is 2.24. The molecule has 1 N–H and O–H groups in total. The number of hydrogen-bond acceptors (Lipinski definition) is 3. The van der Waals surface area contributed by atoms with Crippen LogP contribution in [0.1, 0.15) is 24.5 Å². The molecule has 4 nitrogen and oxygen atoms in total. The summed E-state index contributed by atoms with van der Waals surface area (Å²) in [5.41, 5.74) is 1.28. The first kappa shape index (κ1) is 10.6. The molecule has 1 saturated heterocycles. The Bertz CT molecular complexity index is 273. The van der Waals surface area contributed by atoms with Crippen LogP contribution in [0.4, 0.5) is 0 Å². The van der Waals surface area contributed by atoms with Crippen LogP contribution in [0.25, 0.3) is 0 Å². The van der Waals surface area contributed by atoms with Gasteiger partial charge in [-0.2, -0.15) is 5.10 Å². The predicted molar refractivity (Wildman–Crippen MR) is 58.9 cm³/mol. The van der Waals surface area contributed by atoms with Gasteiger partial charge >= 0.3 is 0 Å². The van der Waals surface area contributed by atoms with E-state index in [0.717, 1.165) is 19.7 Å². The molecule has 0 radical (unpaired) electrons. The third kappa shape index (κ3) is 2.79. The number of rotatable bonds is 4. The monoisotopic (exact) mass is 209 g/mol. The lowest BCUT2D eigenvalue weighted by Crippen LogP contribution is -2.36. The Morgan fingerprint density at radius 3 is 3.33 bits per heavy atom. The largest absolute Gasteiger partial charge is 0.383 e. The number of nitrogens with one attached hydrogen (secondary N) is 1. The molecule has 1 aromatic rings. The van der Waals surface area contributed by atoms with Crippen LogP contribution in [-0.4, -0.2) is 48.4 Å². The van der Waals surface area contributed by atoms with Gasteiger partial charge in [-0.3, -0.25) is 5.10 Å². The molecule has 0 aromatic carbocycles. The molecule has 0 spiro atoms. The highest BCUT2D eigenvalue weighted by molar-refractivity contribution is 5.07. The zero-order valence-electron chi connectivity index (χ0n) is 9.28. The van der Waals surface area contributed by atoms with Gasteiger partial charge in [0.15, 0.2) is 0 Å². The Morgan fingerprint density at radius 1 is 1.67 bits per heavy atom. The number of ether oxygens (including phenoxy) is 1. The lowest BCUT2D eigenvalue weighted by atomic mass is 9.95. The van der Waals surface area contributed by atoms with Crippen molar-refractivity contribution in [2.24, 2.45) is 0 Å². The first-order valence-electron chi connectivity index (χ1n) is 5.60. The average molecular weight is 209 g/mol. The van der Waals surface area contributed by atoms with Gasteiger partial charge in [-0.05, 0) is 25.5 Å². The van der Waals surface area contributed by atoms with Crippen molar-refractivity contribution in [1.82, 2.24) is 15.1 Å². The summed E-state index contributed by atoms with van der Waals surface area (Å²) >= 11 is 0. The SMILES string of the molecule is COCCN1CCC[C@@H](c2ccn[nH]2)C1. The van der Waals surface area contributed by atoms with Crippen LogP contribution in [-0.2, 0) is 4.74 Å². The predicted octanol–water partition coefficient (Wildman–Crippen LogP) is 1.24. The molecule has 84 valence electrons. The van der Waals surface area contributed by atoms with Gasteiger partial charge in [-0.25, -0.2) is 0 Å².